The number of nitrogens with zero attached hydrogens (tertiary/aromatic N) is 2. The molecule has 0 radical (unpaired) electrons. The summed E-state index contributed by atoms with van der Waals surface area (Å²) in [5, 5.41) is 0. The van der Waals surface area contributed by atoms with E-state index in [9.17, 15) is 0 Å². The summed E-state index contributed by atoms with van der Waals surface area (Å²) in [6, 6.07) is 12.4. The van der Waals surface area contributed by atoms with Crippen molar-refractivity contribution in [2.24, 2.45) is 0 Å². The number of aryl methyl sites for hydroxylation is 1. The monoisotopic (exact) mass is 252 g/mol. The van der Waals surface area contributed by atoms with Gasteiger partial charge in [0.15, 0.2) is 0 Å². The number of pyridine rings is 1. The van der Waals surface area contributed by atoms with Crippen molar-refractivity contribution in [1.82, 2.24) is 9.38 Å². The molecule has 0 saturated heterocycles. The Bertz CT molecular complexity index is 698. The summed E-state index contributed by atoms with van der Waals surface area (Å²) >= 11 is 0. The van der Waals surface area contributed by atoms with Gasteiger partial charge in [-0.2, -0.15) is 0 Å². The van der Waals surface area contributed by atoms with Crippen LogP contribution in [0.3, 0.4) is 0 Å². The summed E-state index contributed by atoms with van der Waals surface area (Å²) in [7, 11) is 1.71. The van der Waals surface area contributed by atoms with Crippen LogP contribution in [0.25, 0.3) is 16.9 Å². The van der Waals surface area contributed by atoms with E-state index in [2.05, 4.69) is 59.0 Å². The van der Waals surface area contributed by atoms with Gasteiger partial charge >= 0.3 is 0 Å². The first-order chi connectivity index (χ1) is 9.26. The van der Waals surface area contributed by atoms with Crippen LogP contribution in [0.15, 0.2) is 48.8 Å². The maximum atomic E-state index is 5.11. The summed E-state index contributed by atoms with van der Waals surface area (Å²) in [5.74, 6) is 0. The van der Waals surface area contributed by atoms with E-state index in [0.717, 1.165) is 16.9 Å². The van der Waals surface area contributed by atoms with Crippen molar-refractivity contribution in [1.29, 1.82) is 0 Å². The number of hydrogen-bond acceptors (Lipinski definition) is 2. The van der Waals surface area contributed by atoms with Gasteiger partial charge in [0.25, 0.3) is 0 Å². The quantitative estimate of drug-likeness (QED) is 0.713. The molecule has 3 aromatic rings. The third kappa shape index (κ3) is 2.37. The molecule has 0 aliphatic rings. The fourth-order valence-corrected chi connectivity index (χ4v) is 2.18. The highest BCUT2D eigenvalue weighted by molar-refractivity contribution is 5.63. The van der Waals surface area contributed by atoms with Gasteiger partial charge in [0.1, 0.15) is 5.65 Å². The van der Waals surface area contributed by atoms with E-state index in [1.165, 1.54) is 11.1 Å². The molecule has 0 saturated carbocycles. The molecule has 0 aliphatic heterocycles. The molecule has 3 rings (SSSR count). The minimum absolute atomic E-state index is 0.643. The zero-order chi connectivity index (χ0) is 13.2. The van der Waals surface area contributed by atoms with Gasteiger partial charge in [0.05, 0.1) is 12.3 Å². The molecule has 96 valence electrons. The number of fused-ring (bicyclic) bond motifs is 1. The van der Waals surface area contributed by atoms with Gasteiger partial charge in [-0.25, -0.2) is 4.98 Å². The molecule has 1 aromatic carbocycles. The van der Waals surface area contributed by atoms with Crippen molar-refractivity contribution in [2.45, 2.75) is 13.5 Å². The van der Waals surface area contributed by atoms with Crippen LogP contribution in [-0.4, -0.2) is 16.5 Å². The Hall–Kier alpha value is -2.13. The Morgan fingerprint density at radius 1 is 1.05 bits per heavy atom. The third-order valence-corrected chi connectivity index (χ3v) is 3.16. The van der Waals surface area contributed by atoms with E-state index in [4.69, 9.17) is 4.74 Å². The second-order valence-corrected chi connectivity index (χ2v) is 4.73. The molecule has 0 unspecified atom stereocenters. The number of aromatic nitrogens is 2. The fraction of sp³-hybridized carbons (Fsp3) is 0.188. The zero-order valence-corrected chi connectivity index (χ0v) is 11.1. The second-order valence-electron chi connectivity index (χ2n) is 4.73. The molecular weight excluding hydrogens is 236 g/mol. The van der Waals surface area contributed by atoms with Gasteiger partial charge in [0, 0.05) is 25.1 Å². The van der Waals surface area contributed by atoms with Crippen LogP contribution in [0.1, 0.15) is 11.1 Å². The minimum Gasteiger partial charge on any atom is -0.380 e. The Labute approximate surface area is 112 Å². The average Bonchev–Trinajstić information content (AvgIpc) is 2.83. The average molecular weight is 252 g/mol. The number of rotatable bonds is 3. The summed E-state index contributed by atoms with van der Waals surface area (Å²) in [6.45, 7) is 2.73. The van der Waals surface area contributed by atoms with Crippen LogP contribution in [-0.2, 0) is 11.3 Å². The third-order valence-electron chi connectivity index (χ3n) is 3.16. The van der Waals surface area contributed by atoms with Crippen LogP contribution >= 0.6 is 0 Å². The highest BCUT2D eigenvalue weighted by Crippen LogP contribution is 2.20. The summed E-state index contributed by atoms with van der Waals surface area (Å²) < 4.78 is 7.18. The van der Waals surface area contributed by atoms with E-state index in [1.807, 2.05) is 6.07 Å². The van der Waals surface area contributed by atoms with E-state index in [0.29, 0.717) is 6.61 Å². The van der Waals surface area contributed by atoms with Crippen molar-refractivity contribution < 1.29 is 4.74 Å². The predicted molar refractivity (Wildman–Crippen MR) is 76.1 cm³/mol. The number of imidazole rings is 1. The minimum atomic E-state index is 0.643. The van der Waals surface area contributed by atoms with Gasteiger partial charge in [-0.15, -0.1) is 0 Å². The first kappa shape index (κ1) is 11.9. The van der Waals surface area contributed by atoms with Crippen LogP contribution in [0.2, 0.25) is 0 Å². The molecule has 0 fully saturated rings. The molecule has 2 heterocycles. The summed E-state index contributed by atoms with van der Waals surface area (Å²) in [5.41, 5.74) is 5.50. The first-order valence-corrected chi connectivity index (χ1v) is 6.30. The van der Waals surface area contributed by atoms with E-state index in [-0.39, 0.29) is 0 Å². The number of methoxy groups -OCH3 is 1. The molecule has 0 amide bonds. The molecule has 19 heavy (non-hydrogen) atoms. The lowest BCUT2D eigenvalue weighted by Crippen LogP contribution is -1.86. The molecule has 0 aliphatic carbocycles. The molecule has 2 aromatic heterocycles. The van der Waals surface area contributed by atoms with E-state index in [1.54, 1.807) is 7.11 Å². The molecular formula is C16H16N2O. The molecule has 0 spiro atoms. The van der Waals surface area contributed by atoms with Gasteiger partial charge in [-0.1, -0.05) is 30.3 Å². The Morgan fingerprint density at radius 2 is 1.84 bits per heavy atom. The lowest BCUT2D eigenvalue weighted by atomic mass is 10.1. The topological polar surface area (TPSA) is 26.5 Å². The van der Waals surface area contributed by atoms with Crippen LogP contribution in [0, 0.1) is 6.92 Å². The summed E-state index contributed by atoms with van der Waals surface area (Å²) in [6.07, 6.45) is 4.15. The Balaban J connectivity index is 1.99. The molecule has 3 heteroatoms. The number of ether oxygens (including phenoxy) is 1. The Morgan fingerprint density at radius 3 is 2.58 bits per heavy atom. The molecule has 0 N–H and O–H groups in total. The largest absolute Gasteiger partial charge is 0.380 e. The van der Waals surface area contributed by atoms with Crippen LogP contribution < -0.4 is 0 Å². The highest BCUT2D eigenvalue weighted by Gasteiger charge is 2.04. The standard InChI is InChI=1S/C16H16N2O/c1-12-3-8-16-17-15(10-18(16)9-12)14-6-4-13(5-7-14)11-19-2/h3-10H,11H2,1-2H3. The SMILES string of the molecule is COCc1ccc(-c2cn3cc(C)ccc3n2)cc1. The van der Waals surface area contributed by atoms with Gasteiger partial charge in [-0.05, 0) is 24.1 Å². The van der Waals surface area contributed by atoms with Crippen molar-refractivity contribution in [3.63, 3.8) is 0 Å². The number of benzene rings is 1. The van der Waals surface area contributed by atoms with Crippen molar-refractivity contribution in [2.75, 3.05) is 7.11 Å². The summed E-state index contributed by atoms with van der Waals surface area (Å²) in [4.78, 5) is 4.63. The van der Waals surface area contributed by atoms with E-state index < -0.39 is 0 Å². The van der Waals surface area contributed by atoms with Gasteiger partial charge in [0.2, 0.25) is 0 Å². The molecule has 0 bridgehead atoms. The van der Waals surface area contributed by atoms with Crippen molar-refractivity contribution >= 4 is 5.65 Å². The van der Waals surface area contributed by atoms with Crippen molar-refractivity contribution in [3.8, 4) is 11.3 Å². The van der Waals surface area contributed by atoms with Gasteiger partial charge in [-0.3, -0.25) is 0 Å². The fourth-order valence-electron chi connectivity index (χ4n) is 2.18. The van der Waals surface area contributed by atoms with Crippen LogP contribution in [0.4, 0.5) is 0 Å². The van der Waals surface area contributed by atoms with E-state index >= 15 is 0 Å². The lowest BCUT2D eigenvalue weighted by molar-refractivity contribution is 0.185. The maximum absolute atomic E-state index is 5.11. The lowest BCUT2D eigenvalue weighted by Gasteiger charge is -2.00. The Kier molecular flexibility index (Phi) is 3.05. The van der Waals surface area contributed by atoms with Crippen molar-refractivity contribution in [3.05, 3.63) is 59.9 Å². The normalized spacial score (nSPS) is 11.1. The highest BCUT2D eigenvalue weighted by atomic mass is 16.5. The predicted octanol–water partition coefficient (Wildman–Crippen LogP) is 3.46. The molecule has 3 nitrogen and oxygen atoms in total. The maximum Gasteiger partial charge on any atom is 0.137 e. The number of hydrogen-bond donors (Lipinski definition) is 0. The zero-order valence-electron chi connectivity index (χ0n) is 11.1. The van der Waals surface area contributed by atoms with Crippen LogP contribution in [0.5, 0.6) is 0 Å². The molecule has 0 atom stereocenters. The second kappa shape index (κ2) is 4.86. The smallest absolute Gasteiger partial charge is 0.137 e. The van der Waals surface area contributed by atoms with Gasteiger partial charge < -0.3 is 9.14 Å². The first-order valence-electron chi connectivity index (χ1n) is 6.30.